The third-order valence-electron chi connectivity index (χ3n) is 4.84. The van der Waals surface area contributed by atoms with Crippen LogP contribution in [0.2, 0.25) is 0 Å². The monoisotopic (exact) mass is 481 g/mol. The molecule has 13 nitrogen and oxygen atoms in total. The standard InChI is InChI=1S/C12H22O11.C5H14NO.ClH/c13-1-4-6(16)8(18)9(19)11(21-4)23-12(3-15)10(20)7(17)5(2-14)22-12;1-6(2,3)4-5-7;/h4-11,13-20H,1-3H2;7H,4-5H2,1-3H3;1H/q;+1;/p-1/t4-,5-,6-,7-,8+,9-,10+,11-,12+;;/m1../s1. The molecule has 0 spiro atoms. The van der Waals surface area contributed by atoms with Gasteiger partial charge in [0.05, 0.1) is 41.0 Å². The summed E-state index contributed by atoms with van der Waals surface area (Å²) in [7, 11) is 6.16. The Morgan fingerprint density at radius 2 is 1.35 bits per heavy atom. The van der Waals surface area contributed by atoms with Gasteiger partial charge in [-0.3, -0.25) is 0 Å². The second-order valence-electron chi connectivity index (χ2n) is 8.30. The van der Waals surface area contributed by atoms with Gasteiger partial charge in [-0.25, -0.2) is 0 Å². The highest BCUT2D eigenvalue weighted by atomic mass is 35.5. The molecule has 2 rings (SSSR count). The Balaban J connectivity index is 0.000000975. The van der Waals surface area contributed by atoms with Crippen molar-refractivity contribution in [3.8, 4) is 0 Å². The predicted molar refractivity (Wildman–Crippen MR) is 98.6 cm³/mol. The fourth-order valence-electron chi connectivity index (χ4n) is 2.93. The van der Waals surface area contributed by atoms with Gasteiger partial charge in [0.15, 0.2) is 6.29 Å². The second-order valence-corrected chi connectivity index (χ2v) is 8.30. The van der Waals surface area contributed by atoms with Crippen LogP contribution in [0.15, 0.2) is 0 Å². The normalized spacial score (nSPS) is 40.6. The van der Waals surface area contributed by atoms with Crippen LogP contribution in [-0.2, 0) is 14.2 Å². The molecule has 0 bridgehead atoms. The van der Waals surface area contributed by atoms with Gasteiger partial charge >= 0.3 is 0 Å². The number of aliphatic hydroxyl groups is 9. The first-order chi connectivity index (χ1) is 13.9. The molecular weight excluding hydrogens is 446 g/mol. The Hall–Kier alpha value is -0.230. The van der Waals surface area contributed by atoms with Gasteiger partial charge in [0, 0.05) is 0 Å². The maximum absolute atomic E-state index is 10.00. The number of quaternary nitrogens is 1. The number of aliphatic hydroxyl groups excluding tert-OH is 9. The maximum atomic E-state index is 10.00. The van der Waals surface area contributed by atoms with Crippen molar-refractivity contribution in [3.63, 3.8) is 0 Å². The van der Waals surface area contributed by atoms with E-state index in [4.69, 9.17) is 29.5 Å². The van der Waals surface area contributed by atoms with Crippen molar-refractivity contribution in [2.24, 2.45) is 0 Å². The number of nitrogens with zero attached hydrogens (tertiary/aromatic N) is 1. The van der Waals surface area contributed by atoms with Crippen LogP contribution in [-0.4, -0.2) is 159 Å². The van der Waals surface area contributed by atoms with Crippen molar-refractivity contribution in [2.45, 2.75) is 54.8 Å². The molecule has 14 heteroatoms. The highest BCUT2D eigenvalue weighted by molar-refractivity contribution is 4.98. The van der Waals surface area contributed by atoms with Gasteiger partial charge in [0.2, 0.25) is 5.79 Å². The zero-order chi connectivity index (χ0) is 23.3. The smallest absolute Gasteiger partial charge is 0.224 e. The van der Waals surface area contributed by atoms with E-state index in [1.165, 1.54) is 0 Å². The van der Waals surface area contributed by atoms with Crippen LogP contribution in [0.4, 0.5) is 0 Å². The third kappa shape index (κ3) is 7.65. The lowest BCUT2D eigenvalue weighted by Gasteiger charge is -2.43. The lowest BCUT2D eigenvalue weighted by molar-refractivity contribution is -0.870. The van der Waals surface area contributed by atoms with Crippen molar-refractivity contribution in [1.29, 1.82) is 0 Å². The number of halogens is 1. The summed E-state index contributed by atoms with van der Waals surface area (Å²) in [6.45, 7) is -1.21. The zero-order valence-electron chi connectivity index (χ0n) is 17.7. The molecule has 0 saturated carbocycles. The highest BCUT2D eigenvalue weighted by Gasteiger charge is 2.58. The average Bonchev–Trinajstić information content (AvgIpc) is 2.93. The fourth-order valence-corrected chi connectivity index (χ4v) is 2.93. The molecule has 9 atom stereocenters. The van der Waals surface area contributed by atoms with Gasteiger partial charge < -0.3 is 77.1 Å². The van der Waals surface area contributed by atoms with E-state index < -0.39 is 74.6 Å². The SMILES string of the molecule is C[N+](C)(C)CCO.OC[C@H]1O[C@@](CO)(O[C@H]2O[C@H](CO)[C@@H](O)[C@H](O)[C@H]2O)[C@@H](O)[C@@H]1O.[Cl-]. The summed E-state index contributed by atoms with van der Waals surface area (Å²) >= 11 is 0. The van der Waals surface area contributed by atoms with E-state index in [-0.39, 0.29) is 19.0 Å². The number of rotatable bonds is 7. The van der Waals surface area contributed by atoms with Crippen molar-refractivity contribution >= 4 is 0 Å². The molecule has 0 unspecified atom stereocenters. The van der Waals surface area contributed by atoms with Crippen molar-refractivity contribution in [3.05, 3.63) is 0 Å². The van der Waals surface area contributed by atoms with E-state index in [1.54, 1.807) is 0 Å². The van der Waals surface area contributed by atoms with E-state index in [0.29, 0.717) is 0 Å². The van der Waals surface area contributed by atoms with Crippen LogP contribution in [0, 0.1) is 0 Å². The van der Waals surface area contributed by atoms with E-state index in [9.17, 15) is 30.6 Å². The molecule has 2 fully saturated rings. The first-order valence-corrected chi connectivity index (χ1v) is 9.52. The lowest BCUT2D eigenvalue weighted by atomic mass is 9.99. The average molecular weight is 482 g/mol. The molecule has 0 radical (unpaired) electrons. The molecule has 0 aliphatic carbocycles. The maximum Gasteiger partial charge on any atom is 0.224 e. The van der Waals surface area contributed by atoms with Crippen molar-refractivity contribution < 1.29 is 77.1 Å². The highest BCUT2D eigenvalue weighted by Crippen LogP contribution is 2.35. The molecule has 2 aliphatic rings. The summed E-state index contributed by atoms with van der Waals surface area (Å²) in [5.41, 5.74) is 0. The van der Waals surface area contributed by atoms with E-state index in [1.807, 2.05) is 0 Å². The molecule has 0 amide bonds. The number of hydrogen-bond donors (Lipinski definition) is 9. The Kier molecular flexibility index (Phi) is 12.8. The van der Waals surface area contributed by atoms with Crippen LogP contribution in [0.5, 0.6) is 0 Å². The van der Waals surface area contributed by atoms with E-state index >= 15 is 0 Å². The molecule has 9 N–H and O–H groups in total. The Morgan fingerprint density at radius 1 is 0.806 bits per heavy atom. The Labute approximate surface area is 186 Å². The molecule has 0 aromatic carbocycles. The summed E-state index contributed by atoms with van der Waals surface area (Å²) < 4.78 is 16.3. The van der Waals surface area contributed by atoms with Gasteiger partial charge in [-0.1, -0.05) is 0 Å². The third-order valence-corrected chi connectivity index (χ3v) is 4.84. The largest absolute Gasteiger partial charge is 1.00 e. The van der Waals surface area contributed by atoms with Gasteiger partial charge in [0.1, 0.15) is 55.9 Å². The van der Waals surface area contributed by atoms with Crippen LogP contribution in [0.3, 0.4) is 0 Å². The predicted octanol–water partition coefficient (Wildman–Crippen LogP) is -8.71. The minimum atomic E-state index is -2.22. The van der Waals surface area contributed by atoms with Crippen molar-refractivity contribution in [1.82, 2.24) is 0 Å². The van der Waals surface area contributed by atoms with Crippen LogP contribution in [0.25, 0.3) is 0 Å². The van der Waals surface area contributed by atoms with E-state index in [2.05, 4.69) is 21.1 Å². The summed E-state index contributed by atoms with van der Waals surface area (Å²) in [5.74, 6) is -2.22. The molecule has 2 heterocycles. The minimum absolute atomic E-state index is 0. The summed E-state index contributed by atoms with van der Waals surface area (Å²) in [6.07, 6.45) is -12.7. The Morgan fingerprint density at radius 3 is 1.71 bits per heavy atom. The summed E-state index contributed by atoms with van der Waals surface area (Å²) in [4.78, 5) is 0. The molecule has 2 saturated heterocycles. The van der Waals surface area contributed by atoms with Crippen LogP contribution < -0.4 is 12.4 Å². The second kappa shape index (κ2) is 12.9. The fraction of sp³-hybridized carbons (Fsp3) is 1.00. The molecule has 0 aromatic heterocycles. The molecule has 2 aliphatic heterocycles. The minimum Gasteiger partial charge on any atom is -1.00 e. The first kappa shape index (κ1) is 30.8. The number of hydrogen-bond acceptors (Lipinski definition) is 12. The van der Waals surface area contributed by atoms with Gasteiger partial charge in [-0.15, -0.1) is 0 Å². The number of ether oxygens (including phenoxy) is 3. The molecule has 188 valence electrons. The van der Waals surface area contributed by atoms with Crippen molar-refractivity contribution in [2.75, 3.05) is 54.1 Å². The quantitative estimate of drug-likeness (QED) is 0.155. The Bertz CT molecular complexity index is 510. The van der Waals surface area contributed by atoms with E-state index in [0.717, 1.165) is 11.0 Å². The summed E-state index contributed by atoms with van der Waals surface area (Å²) in [6, 6.07) is 0. The first-order valence-electron chi connectivity index (χ1n) is 9.52. The molecule has 31 heavy (non-hydrogen) atoms. The van der Waals surface area contributed by atoms with Gasteiger partial charge in [-0.2, -0.15) is 0 Å². The lowest BCUT2D eigenvalue weighted by Crippen LogP contribution is -3.00. The zero-order valence-corrected chi connectivity index (χ0v) is 18.5. The molecule has 0 aromatic rings. The van der Waals surface area contributed by atoms with Gasteiger partial charge in [0.25, 0.3) is 0 Å². The van der Waals surface area contributed by atoms with Crippen LogP contribution >= 0.6 is 0 Å². The summed E-state index contributed by atoms with van der Waals surface area (Å²) in [5, 5.41) is 85.1. The van der Waals surface area contributed by atoms with Gasteiger partial charge in [-0.05, 0) is 0 Å². The molecular formula is C17H36ClNO12. The topological polar surface area (TPSA) is 210 Å². The van der Waals surface area contributed by atoms with Crippen LogP contribution in [0.1, 0.15) is 0 Å². The number of likely N-dealkylation sites (N-methyl/N-ethyl adjacent to an activating group) is 1.